The van der Waals surface area contributed by atoms with Gasteiger partial charge in [0.2, 0.25) is 0 Å². The summed E-state index contributed by atoms with van der Waals surface area (Å²) in [4.78, 5) is 6.72. The number of anilines is 1. The van der Waals surface area contributed by atoms with Gasteiger partial charge in [-0.3, -0.25) is 0 Å². The highest BCUT2D eigenvalue weighted by Crippen LogP contribution is 2.21. The van der Waals surface area contributed by atoms with Gasteiger partial charge in [0, 0.05) is 31.0 Å². The molecule has 0 aliphatic heterocycles. The predicted octanol–water partition coefficient (Wildman–Crippen LogP) is 2.69. The molecular formula is C15H20N2O. The molecular weight excluding hydrogens is 224 g/mol. The summed E-state index contributed by atoms with van der Waals surface area (Å²) in [5, 5.41) is 10.5. The Labute approximate surface area is 108 Å². The van der Waals surface area contributed by atoms with Gasteiger partial charge in [-0.15, -0.1) is 0 Å². The third-order valence-electron chi connectivity index (χ3n) is 3.07. The highest BCUT2D eigenvalue weighted by atomic mass is 16.3. The van der Waals surface area contributed by atoms with Crippen LogP contribution in [0.2, 0.25) is 0 Å². The third kappa shape index (κ3) is 2.79. The fourth-order valence-electron chi connectivity index (χ4n) is 2.04. The van der Waals surface area contributed by atoms with Crippen LogP contribution in [-0.4, -0.2) is 30.3 Å². The average molecular weight is 244 g/mol. The average Bonchev–Trinajstić information content (AvgIpc) is 2.37. The normalized spacial score (nSPS) is 11.8. The van der Waals surface area contributed by atoms with Crippen LogP contribution >= 0.6 is 0 Å². The molecule has 96 valence electrons. The van der Waals surface area contributed by atoms with E-state index >= 15 is 0 Å². The van der Waals surface area contributed by atoms with E-state index in [0.29, 0.717) is 0 Å². The molecule has 0 saturated heterocycles. The molecule has 0 spiro atoms. The van der Waals surface area contributed by atoms with Gasteiger partial charge in [0.1, 0.15) is 5.82 Å². The summed E-state index contributed by atoms with van der Waals surface area (Å²) < 4.78 is 0. The molecule has 3 nitrogen and oxygen atoms in total. The summed E-state index contributed by atoms with van der Waals surface area (Å²) in [7, 11) is 2.01. The van der Waals surface area contributed by atoms with Crippen molar-refractivity contribution in [2.45, 2.75) is 13.8 Å². The number of hydrogen-bond acceptors (Lipinski definition) is 3. The minimum Gasteiger partial charge on any atom is -0.396 e. The second kappa shape index (κ2) is 4.94. The number of aliphatic hydroxyl groups excluding tert-OH is 1. The third-order valence-corrected chi connectivity index (χ3v) is 3.07. The van der Waals surface area contributed by atoms with E-state index < -0.39 is 0 Å². The molecule has 0 amide bonds. The molecule has 2 aromatic rings. The van der Waals surface area contributed by atoms with Crippen LogP contribution in [0.4, 0.5) is 5.82 Å². The lowest BCUT2D eigenvalue weighted by atomic mass is 9.94. The lowest BCUT2D eigenvalue weighted by Crippen LogP contribution is -2.34. The first-order valence-electron chi connectivity index (χ1n) is 6.20. The van der Waals surface area contributed by atoms with Gasteiger partial charge in [-0.25, -0.2) is 4.98 Å². The quantitative estimate of drug-likeness (QED) is 0.898. The van der Waals surface area contributed by atoms with Gasteiger partial charge in [-0.1, -0.05) is 32.0 Å². The van der Waals surface area contributed by atoms with Crippen molar-refractivity contribution in [1.29, 1.82) is 0 Å². The lowest BCUT2D eigenvalue weighted by Gasteiger charge is -2.29. The molecule has 0 atom stereocenters. The Morgan fingerprint density at radius 1 is 1.17 bits per heavy atom. The van der Waals surface area contributed by atoms with E-state index in [0.717, 1.165) is 23.3 Å². The maximum absolute atomic E-state index is 9.31. The van der Waals surface area contributed by atoms with E-state index in [2.05, 4.69) is 22.0 Å². The molecule has 1 aromatic carbocycles. The second-order valence-electron chi connectivity index (χ2n) is 5.54. The van der Waals surface area contributed by atoms with Crippen LogP contribution in [0.25, 0.3) is 10.9 Å². The Hall–Kier alpha value is -1.61. The van der Waals surface area contributed by atoms with Gasteiger partial charge < -0.3 is 10.0 Å². The minimum atomic E-state index is -0.123. The van der Waals surface area contributed by atoms with Crippen LogP contribution in [0.3, 0.4) is 0 Å². The van der Waals surface area contributed by atoms with Crippen LogP contribution in [-0.2, 0) is 0 Å². The topological polar surface area (TPSA) is 36.4 Å². The molecule has 18 heavy (non-hydrogen) atoms. The molecule has 1 N–H and O–H groups in total. The van der Waals surface area contributed by atoms with Crippen molar-refractivity contribution in [3.63, 3.8) is 0 Å². The van der Waals surface area contributed by atoms with E-state index in [1.807, 2.05) is 45.2 Å². The van der Waals surface area contributed by atoms with Crippen molar-refractivity contribution >= 4 is 16.7 Å². The molecule has 0 bridgehead atoms. The first-order chi connectivity index (χ1) is 8.52. The van der Waals surface area contributed by atoms with Gasteiger partial charge in [0.25, 0.3) is 0 Å². The van der Waals surface area contributed by atoms with Crippen LogP contribution in [0.15, 0.2) is 36.4 Å². The molecule has 1 aromatic heterocycles. The van der Waals surface area contributed by atoms with Gasteiger partial charge in [0.05, 0.1) is 5.52 Å². The van der Waals surface area contributed by atoms with Crippen molar-refractivity contribution in [2.75, 3.05) is 25.1 Å². The monoisotopic (exact) mass is 244 g/mol. The van der Waals surface area contributed by atoms with Crippen LogP contribution in [0, 0.1) is 5.41 Å². The summed E-state index contributed by atoms with van der Waals surface area (Å²) in [6, 6.07) is 12.2. The molecule has 0 fully saturated rings. The summed E-state index contributed by atoms with van der Waals surface area (Å²) in [5.41, 5.74) is 0.880. The number of rotatable bonds is 4. The fourth-order valence-corrected chi connectivity index (χ4v) is 2.04. The van der Waals surface area contributed by atoms with E-state index in [-0.39, 0.29) is 12.0 Å². The number of fused-ring (bicyclic) bond motifs is 1. The first kappa shape index (κ1) is 12.8. The summed E-state index contributed by atoms with van der Waals surface area (Å²) in [5.74, 6) is 0.940. The van der Waals surface area contributed by atoms with Crippen molar-refractivity contribution in [1.82, 2.24) is 4.98 Å². The maximum Gasteiger partial charge on any atom is 0.129 e. The van der Waals surface area contributed by atoms with Crippen molar-refractivity contribution in [2.24, 2.45) is 5.41 Å². The zero-order chi connectivity index (χ0) is 13.2. The van der Waals surface area contributed by atoms with Crippen molar-refractivity contribution in [3.8, 4) is 0 Å². The number of benzene rings is 1. The SMILES string of the molecule is CN(CC(C)(C)CO)c1ccc2ccccc2n1. The van der Waals surface area contributed by atoms with Crippen molar-refractivity contribution < 1.29 is 5.11 Å². The largest absolute Gasteiger partial charge is 0.396 e. The fraction of sp³-hybridized carbons (Fsp3) is 0.400. The van der Waals surface area contributed by atoms with E-state index in [4.69, 9.17) is 0 Å². The maximum atomic E-state index is 9.31. The predicted molar refractivity (Wildman–Crippen MR) is 75.9 cm³/mol. The number of aromatic nitrogens is 1. The lowest BCUT2D eigenvalue weighted by molar-refractivity contribution is 0.165. The van der Waals surface area contributed by atoms with E-state index in [1.165, 1.54) is 0 Å². The Morgan fingerprint density at radius 2 is 1.89 bits per heavy atom. The van der Waals surface area contributed by atoms with Crippen molar-refractivity contribution in [3.05, 3.63) is 36.4 Å². The standard InChI is InChI=1S/C15H20N2O/c1-15(2,11-18)10-17(3)14-9-8-12-6-4-5-7-13(12)16-14/h4-9,18H,10-11H2,1-3H3. The minimum absolute atomic E-state index is 0.123. The van der Waals surface area contributed by atoms with Crippen LogP contribution < -0.4 is 4.90 Å². The van der Waals surface area contributed by atoms with Gasteiger partial charge in [-0.05, 0) is 18.2 Å². The zero-order valence-electron chi connectivity index (χ0n) is 11.2. The number of nitrogens with zero attached hydrogens (tertiary/aromatic N) is 2. The highest BCUT2D eigenvalue weighted by molar-refractivity contribution is 5.80. The van der Waals surface area contributed by atoms with E-state index in [1.54, 1.807) is 0 Å². The molecule has 2 rings (SSSR count). The number of aliphatic hydroxyl groups is 1. The van der Waals surface area contributed by atoms with E-state index in [9.17, 15) is 5.11 Å². The van der Waals surface area contributed by atoms with Crippen LogP contribution in [0.1, 0.15) is 13.8 Å². The molecule has 1 heterocycles. The molecule has 3 heteroatoms. The Kier molecular flexibility index (Phi) is 3.53. The highest BCUT2D eigenvalue weighted by Gasteiger charge is 2.19. The molecule has 0 saturated carbocycles. The summed E-state index contributed by atoms with van der Waals surface area (Å²) >= 11 is 0. The number of hydrogen-bond donors (Lipinski definition) is 1. The van der Waals surface area contributed by atoms with Crippen LogP contribution in [0.5, 0.6) is 0 Å². The number of pyridine rings is 1. The molecule has 0 aliphatic rings. The summed E-state index contributed by atoms with van der Waals surface area (Å²) in [6.07, 6.45) is 0. The Balaban J connectivity index is 2.25. The van der Waals surface area contributed by atoms with Gasteiger partial charge in [0.15, 0.2) is 0 Å². The number of para-hydroxylation sites is 1. The van der Waals surface area contributed by atoms with Gasteiger partial charge in [-0.2, -0.15) is 0 Å². The first-order valence-corrected chi connectivity index (χ1v) is 6.20. The van der Waals surface area contributed by atoms with Gasteiger partial charge >= 0.3 is 0 Å². The molecule has 0 radical (unpaired) electrons. The molecule has 0 aliphatic carbocycles. The summed E-state index contributed by atoms with van der Waals surface area (Å²) in [6.45, 7) is 5.04. The second-order valence-corrected chi connectivity index (χ2v) is 5.54. The Morgan fingerprint density at radius 3 is 2.61 bits per heavy atom. The zero-order valence-corrected chi connectivity index (χ0v) is 11.2. The smallest absolute Gasteiger partial charge is 0.129 e. The Bertz CT molecular complexity index is 537. The molecule has 0 unspecified atom stereocenters.